The van der Waals surface area contributed by atoms with Crippen LogP contribution in [0.4, 0.5) is 18.9 Å². The second-order valence-electron chi connectivity index (χ2n) is 8.13. The van der Waals surface area contributed by atoms with Crippen molar-refractivity contribution in [2.24, 2.45) is 0 Å². The van der Waals surface area contributed by atoms with Gasteiger partial charge in [0.1, 0.15) is 5.25 Å². The lowest BCUT2D eigenvalue weighted by Gasteiger charge is -2.22. The summed E-state index contributed by atoms with van der Waals surface area (Å²) in [5.74, 6) is -1.54. The highest BCUT2D eigenvalue weighted by Crippen LogP contribution is 2.38. The molecule has 2 atom stereocenters. The summed E-state index contributed by atoms with van der Waals surface area (Å²) in [6, 6.07) is 29.0. The van der Waals surface area contributed by atoms with Gasteiger partial charge in [-0.15, -0.1) is 11.8 Å². The first-order valence-electron chi connectivity index (χ1n) is 11.4. The Morgan fingerprint density at radius 2 is 1.34 bits per heavy atom. The Morgan fingerprint density at radius 1 is 0.789 bits per heavy atom. The lowest BCUT2D eigenvalue weighted by atomic mass is 10.1. The molecule has 0 radical (unpaired) electrons. The monoisotopic (exact) mass is 555 g/mol. The number of benzene rings is 4. The first-order valence-corrected chi connectivity index (χ1v) is 12.7. The van der Waals surface area contributed by atoms with Gasteiger partial charge in [0, 0.05) is 10.5 Å². The molecule has 0 saturated heterocycles. The highest BCUT2D eigenvalue weighted by molar-refractivity contribution is 8.00. The van der Waals surface area contributed by atoms with E-state index >= 15 is 0 Å². The number of halogens is 4. The largest absolute Gasteiger partial charge is 0.446 e. The molecule has 0 spiro atoms. The van der Waals surface area contributed by atoms with Crippen LogP contribution in [0.25, 0.3) is 0 Å². The summed E-state index contributed by atoms with van der Waals surface area (Å²) < 4.78 is 45.5. The van der Waals surface area contributed by atoms with E-state index in [0.717, 1.165) is 23.1 Å². The summed E-state index contributed by atoms with van der Waals surface area (Å²) in [5.41, 5.74) is -0.215. The van der Waals surface area contributed by atoms with Crippen molar-refractivity contribution in [1.29, 1.82) is 0 Å². The molecular formula is C29H21ClF3NO3S. The molecule has 0 aromatic heterocycles. The van der Waals surface area contributed by atoms with Gasteiger partial charge in [-0.05, 0) is 35.9 Å². The SMILES string of the molecule is O=C(Nc1cc(C(F)(F)F)ccc1Cl)[C@@H](OC(=O)[C@H](Sc1ccccc1)c1ccccc1)c1ccccc1. The van der Waals surface area contributed by atoms with Crippen molar-refractivity contribution in [3.05, 3.63) is 131 Å². The zero-order valence-corrected chi connectivity index (χ0v) is 21.3. The van der Waals surface area contributed by atoms with E-state index < -0.39 is 35.0 Å². The van der Waals surface area contributed by atoms with E-state index in [1.807, 2.05) is 36.4 Å². The lowest BCUT2D eigenvalue weighted by molar-refractivity contribution is -0.154. The molecule has 4 aromatic carbocycles. The van der Waals surface area contributed by atoms with Crippen LogP contribution in [0.5, 0.6) is 0 Å². The Hall–Kier alpha value is -3.75. The van der Waals surface area contributed by atoms with E-state index in [-0.39, 0.29) is 10.7 Å². The molecule has 0 fully saturated rings. The highest BCUT2D eigenvalue weighted by Gasteiger charge is 2.33. The highest BCUT2D eigenvalue weighted by atomic mass is 35.5. The van der Waals surface area contributed by atoms with Crippen molar-refractivity contribution in [2.45, 2.75) is 22.4 Å². The molecule has 0 heterocycles. The maximum atomic E-state index is 13.5. The third-order valence-corrected chi connectivity index (χ3v) is 7.01. The van der Waals surface area contributed by atoms with Gasteiger partial charge in [0.2, 0.25) is 6.10 Å². The molecule has 4 nitrogen and oxygen atoms in total. The van der Waals surface area contributed by atoms with Crippen LogP contribution in [-0.2, 0) is 20.5 Å². The average Bonchev–Trinajstić information content (AvgIpc) is 2.92. The van der Waals surface area contributed by atoms with Gasteiger partial charge in [-0.25, -0.2) is 0 Å². The van der Waals surface area contributed by atoms with Crippen LogP contribution in [0.3, 0.4) is 0 Å². The number of alkyl halides is 3. The van der Waals surface area contributed by atoms with E-state index in [9.17, 15) is 22.8 Å². The maximum absolute atomic E-state index is 13.5. The number of thioether (sulfide) groups is 1. The summed E-state index contributed by atoms with van der Waals surface area (Å²) in [6.07, 6.45) is -6.08. The molecule has 0 saturated carbocycles. The Kier molecular flexibility index (Phi) is 8.76. The summed E-state index contributed by atoms with van der Waals surface area (Å²) in [7, 11) is 0. The van der Waals surface area contributed by atoms with Crippen LogP contribution in [-0.4, -0.2) is 11.9 Å². The third kappa shape index (κ3) is 6.96. The van der Waals surface area contributed by atoms with E-state index in [4.69, 9.17) is 16.3 Å². The van der Waals surface area contributed by atoms with Gasteiger partial charge < -0.3 is 10.1 Å². The summed E-state index contributed by atoms with van der Waals surface area (Å²) in [5, 5.41) is 1.50. The number of ether oxygens (including phenoxy) is 1. The fourth-order valence-corrected chi connectivity index (χ4v) is 4.79. The van der Waals surface area contributed by atoms with E-state index in [0.29, 0.717) is 11.1 Å². The number of hydrogen-bond acceptors (Lipinski definition) is 4. The number of anilines is 1. The molecule has 4 rings (SSSR count). The molecular weight excluding hydrogens is 535 g/mol. The minimum Gasteiger partial charge on any atom is -0.446 e. The smallest absolute Gasteiger partial charge is 0.416 e. The lowest BCUT2D eigenvalue weighted by Crippen LogP contribution is -2.27. The van der Waals surface area contributed by atoms with Gasteiger partial charge in [0.15, 0.2) is 0 Å². The van der Waals surface area contributed by atoms with Gasteiger partial charge in [0.05, 0.1) is 16.3 Å². The molecule has 0 unspecified atom stereocenters. The number of nitrogens with one attached hydrogen (secondary N) is 1. The normalized spacial score (nSPS) is 12.8. The van der Waals surface area contributed by atoms with Gasteiger partial charge in [0.25, 0.3) is 5.91 Å². The van der Waals surface area contributed by atoms with Gasteiger partial charge in [-0.3, -0.25) is 9.59 Å². The molecule has 1 amide bonds. The van der Waals surface area contributed by atoms with E-state index in [1.165, 1.54) is 11.8 Å². The molecule has 194 valence electrons. The minimum atomic E-state index is -4.63. The summed E-state index contributed by atoms with van der Waals surface area (Å²) in [4.78, 5) is 27.7. The topological polar surface area (TPSA) is 55.4 Å². The predicted octanol–water partition coefficient (Wildman–Crippen LogP) is 8.12. The van der Waals surface area contributed by atoms with Crippen LogP contribution < -0.4 is 5.32 Å². The fourth-order valence-electron chi connectivity index (χ4n) is 3.59. The minimum absolute atomic E-state index is 0.0914. The fraction of sp³-hybridized carbons (Fsp3) is 0.103. The van der Waals surface area contributed by atoms with Crippen LogP contribution in [0.15, 0.2) is 114 Å². The number of hydrogen-bond donors (Lipinski definition) is 1. The van der Waals surface area contributed by atoms with E-state index in [2.05, 4.69) is 5.32 Å². The number of esters is 1. The van der Waals surface area contributed by atoms with Gasteiger partial charge >= 0.3 is 12.1 Å². The van der Waals surface area contributed by atoms with Crippen molar-refractivity contribution < 1.29 is 27.5 Å². The van der Waals surface area contributed by atoms with Crippen LogP contribution in [0.2, 0.25) is 5.02 Å². The summed E-state index contributed by atoms with van der Waals surface area (Å²) >= 11 is 7.33. The van der Waals surface area contributed by atoms with Crippen molar-refractivity contribution in [3.8, 4) is 0 Å². The quantitative estimate of drug-likeness (QED) is 0.176. The Labute approximate surface area is 226 Å². The van der Waals surface area contributed by atoms with Gasteiger partial charge in [-0.1, -0.05) is 90.5 Å². The molecule has 1 N–H and O–H groups in total. The molecule has 0 bridgehead atoms. The van der Waals surface area contributed by atoms with Crippen LogP contribution >= 0.6 is 23.4 Å². The Bertz CT molecular complexity index is 1390. The Balaban J connectivity index is 1.64. The molecule has 0 aliphatic heterocycles. The van der Waals surface area contributed by atoms with Crippen molar-refractivity contribution in [2.75, 3.05) is 5.32 Å². The predicted molar refractivity (Wildman–Crippen MR) is 142 cm³/mol. The average molecular weight is 556 g/mol. The zero-order chi connectivity index (χ0) is 27.1. The third-order valence-electron chi connectivity index (χ3n) is 5.44. The summed E-state index contributed by atoms with van der Waals surface area (Å²) in [6.45, 7) is 0. The standard InChI is InChI=1S/C29H21ClF3NO3S/c30-23-17-16-21(29(31,32)33)18-24(23)34-27(35)25(19-10-4-1-5-11-19)37-28(36)26(20-12-6-2-7-13-20)38-22-14-8-3-9-15-22/h1-18,25-26H,(H,34,35)/t25-,26+/m0/s1. The molecule has 0 aliphatic rings. The van der Waals surface area contributed by atoms with Crippen molar-refractivity contribution in [1.82, 2.24) is 0 Å². The van der Waals surface area contributed by atoms with Crippen molar-refractivity contribution in [3.63, 3.8) is 0 Å². The number of amides is 1. The maximum Gasteiger partial charge on any atom is 0.416 e. The second-order valence-corrected chi connectivity index (χ2v) is 9.72. The number of rotatable bonds is 8. The first kappa shape index (κ1) is 27.3. The van der Waals surface area contributed by atoms with Crippen LogP contribution in [0.1, 0.15) is 28.0 Å². The van der Waals surface area contributed by atoms with Gasteiger partial charge in [-0.2, -0.15) is 13.2 Å². The molecule has 4 aromatic rings. The van der Waals surface area contributed by atoms with E-state index in [1.54, 1.807) is 54.6 Å². The number of carbonyl (C=O) groups excluding carboxylic acids is 2. The molecule has 0 aliphatic carbocycles. The molecule has 38 heavy (non-hydrogen) atoms. The second kappa shape index (κ2) is 12.2. The molecule has 9 heteroatoms. The Morgan fingerprint density at radius 3 is 1.92 bits per heavy atom. The zero-order valence-electron chi connectivity index (χ0n) is 19.7. The van der Waals surface area contributed by atoms with Crippen LogP contribution in [0, 0.1) is 0 Å². The van der Waals surface area contributed by atoms with Crippen molar-refractivity contribution >= 4 is 40.9 Å². The first-order chi connectivity index (χ1) is 18.2. The number of carbonyl (C=O) groups is 2.